The molecule has 0 atom stereocenters. The molecule has 0 saturated carbocycles. The Balaban J connectivity index is 2.99. The van der Waals surface area contributed by atoms with E-state index in [-0.39, 0.29) is 0 Å². The molecule has 0 amide bonds. The maximum atomic E-state index is 8.74. The van der Waals surface area contributed by atoms with Crippen molar-refractivity contribution in [2.75, 3.05) is 0 Å². The first-order chi connectivity index (χ1) is 6.31. The summed E-state index contributed by atoms with van der Waals surface area (Å²) in [4.78, 5) is 0. The van der Waals surface area contributed by atoms with Gasteiger partial charge in [0.05, 0.1) is 0 Å². The van der Waals surface area contributed by atoms with Crippen molar-refractivity contribution in [3.05, 3.63) is 41.4 Å². The normalized spacial score (nSPS) is 12.2. The Kier molecular flexibility index (Phi) is 1.77. The molecule has 66 valence electrons. The van der Waals surface area contributed by atoms with Crippen molar-refractivity contribution >= 4 is 11.0 Å². The van der Waals surface area contributed by atoms with E-state index >= 15 is 0 Å². The summed E-state index contributed by atoms with van der Waals surface area (Å²) in [5, 5.41) is 13.3. The molecule has 1 aromatic carbocycles. The number of aryl methyl sites for hydroxylation is 1. The van der Waals surface area contributed by atoms with Crippen LogP contribution < -0.4 is 5.36 Å². The Morgan fingerprint density at radius 1 is 1.31 bits per heavy atom. The van der Waals surface area contributed by atoms with Crippen molar-refractivity contribution in [1.82, 2.24) is 0 Å². The van der Waals surface area contributed by atoms with Crippen molar-refractivity contribution < 1.29 is 9.62 Å². The number of para-hydroxylation sites is 1. The number of benzene rings is 1. The molecule has 1 N–H and O–H groups in total. The molecule has 13 heavy (non-hydrogen) atoms. The van der Waals surface area contributed by atoms with E-state index in [1.54, 1.807) is 6.07 Å². The molecule has 0 aliphatic rings. The van der Waals surface area contributed by atoms with Gasteiger partial charge in [-0.05, 0) is 19.1 Å². The number of nitrogens with zero attached hydrogens (tertiary/aromatic N) is 1. The number of rotatable bonds is 0. The molecule has 1 heterocycles. The molecule has 0 unspecified atom stereocenters. The van der Waals surface area contributed by atoms with E-state index in [9.17, 15) is 0 Å². The minimum atomic E-state index is 0.541. The van der Waals surface area contributed by atoms with Gasteiger partial charge in [-0.1, -0.05) is 17.3 Å². The predicted octanol–water partition coefficient (Wildman–Crippen LogP) is 2.03. The molecule has 3 nitrogen and oxygen atoms in total. The van der Waals surface area contributed by atoms with Crippen LogP contribution in [0.4, 0.5) is 0 Å². The van der Waals surface area contributed by atoms with Crippen LogP contribution >= 0.6 is 0 Å². The summed E-state index contributed by atoms with van der Waals surface area (Å²) in [5.74, 6) is 0.728. The quantitative estimate of drug-likeness (QED) is 0.492. The molecule has 0 aliphatic carbocycles. The highest BCUT2D eigenvalue weighted by Crippen LogP contribution is 2.10. The van der Waals surface area contributed by atoms with Gasteiger partial charge in [-0.15, -0.1) is 0 Å². The Morgan fingerprint density at radius 2 is 2.08 bits per heavy atom. The highest BCUT2D eigenvalue weighted by Gasteiger charge is 1.98. The zero-order chi connectivity index (χ0) is 9.26. The zero-order valence-corrected chi connectivity index (χ0v) is 7.19. The fourth-order valence-electron chi connectivity index (χ4n) is 1.32. The van der Waals surface area contributed by atoms with Gasteiger partial charge in [0.2, 0.25) is 0 Å². The van der Waals surface area contributed by atoms with Gasteiger partial charge in [-0.2, -0.15) is 0 Å². The van der Waals surface area contributed by atoms with Crippen molar-refractivity contribution in [1.29, 1.82) is 0 Å². The van der Waals surface area contributed by atoms with Crippen molar-refractivity contribution in [2.24, 2.45) is 5.16 Å². The molecule has 0 aliphatic heterocycles. The maximum absolute atomic E-state index is 8.74. The SMILES string of the molecule is Cc1c/c(=N\O)c2ccccc2o1. The van der Waals surface area contributed by atoms with Crippen LogP contribution in [0.5, 0.6) is 0 Å². The fraction of sp³-hybridized carbons (Fsp3) is 0.100. The lowest BCUT2D eigenvalue weighted by Gasteiger charge is -1.98. The third-order valence-electron chi connectivity index (χ3n) is 1.88. The average molecular weight is 175 g/mol. The van der Waals surface area contributed by atoms with Gasteiger partial charge in [-0.3, -0.25) is 0 Å². The first-order valence-electron chi connectivity index (χ1n) is 3.99. The van der Waals surface area contributed by atoms with Crippen molar-refractivity contribution in [3.8, 4) is 0 Å². The summed E-state index contributed by atoms with van der Waals surface area (Å²) in [6.45, 7) is 1.82. The van der Waals surface area contributed by atoms with E-state index in [1.807, 2.05) is 31.2 Å². The van der Waals surface area contributed by atoms with E-state index < -0.39 is 0 Å². The van der Waals surface area contributed by atoms with E-state index in [0.717, 1.165) is 16.7 Å². The molecule has 0 spiro atoms. The summed E-state index contributed by atoms with van der Waals surface area (Å²) in [5.41, 5.74) is 0.732. The summed E-state index contributed by atoms with van der Waals surface area (Å²) in [6.07, 6.45) is 0. The summed E-state index contributed by atoms with van der Waals surface area (Å²) >= 11 is 0. The van der Waals surface area contributed by atoms with Gasteiger partial charge in [0.25, 0.3) is 0 Å². The Bertz CT molecular complexity index is 499. The lowest BCUT2D eigenvalue weighted by Crippen LogP contribution is -2.02. The van der Waals surface area contributed by atoms with Gasteiger partial charge in [-0.25, -0.2) is 0 Å². The summed E-state index contributed by atoms with van der Waals surface area (Å²) in [7, 11) is 0. The second-order valence-corrected chi connectivity index (χ2v) is 2.84. The smallest absolute Gasteiger partial charge is 0.136 e. The highest BCUT2D eigenvalue weighted by atomic mass is 16.4. The van der Waals surface area contributed by atoms with Crippen molar-refractivity contribution in [3.63, 3.8) is 0 Å². The fourth-order valence-corrected chi connectivity index (χ4v) is 1.32. The standard InChI is InChI=1S/C10H9NO2/c1-7-6-9(11-12)8-4-2-3-5-10(8)13-7/h2-6,12H,1H3/b11-9+. The molecule has 2 rings (SSSR count). The number of hydrogen-bond acceptors (Lipinski definition) is 3. The highest BCUT2D eigenvalue weighted by molar-refractivity contribution is 5.75. The summed E-state index contributed by atoms with van der Waals surface area (Å²) in [6, 6.07) is 9.15. The van der Waals surface area contributed by atoms with Crippen molar-refractivity contribution in [2.45, 2.75) is 6.92 Å². The Hall–Kier alpha value is -1.77. The van der Waals surface area contributed by atoms with Crippen LogP contribution in [0.3, 0.4) is 0 Å². The molecule has 0 bridgehead atoms. The number of hydrogen-bond donors (Lipinski definition) is 1. The molecular formula is C10H9NO2. The predicted molar refractivity (Wildman–Crippen MR) is 48.3 cm³/mol. The molecule has 0 saturated heterocycles. The molecule has 2 aromatic rings. The first kappa shape index (κ1) is 7.86. The minimum absolute atomic E-state index is 0.541. The minimum Gasteiger partial charge on any atom is -0.461 e. The number of fused-ring (bicyclic) bond motifs is 1. The van der Waals surface area contributed by atoms with Gasteiger partial charge in [0.15, 0.2) is 0 Å². The van der Waals surface area contributed by atoms with Gasteiger partial charge < -0.3 is 9.62 Å². The lowest BCUT2D eigenvalue weighted by atomic mass is 10.2. The molecule has 1 aromatic heterocycles. The second-order valence-electron chi connectivity index (χ2n) is 2.84. The third-order valence-corrected chi connectivity index (χ3v) is 1.88. The van der Waals surface area contributed by atoms with Crippen LogP contribution in [0.1, 0.15) is 5.76 Å². The second kappa shape index (κ2) is 2.94. The topological polar surface area (TPSA) is 45.7 Å². The molecule has 3 heteroatoms. The molecule has 0 fully saturated rings. The van der Waals surface area contributed by atoms with Gasteiger partial charge in [0.1, 0.15) is 16.7 Å². The zero-order valence-electron chi connectivity index (χ0n) is 7.19. The average Bonchev–Trinajstić information content (AvgIpc) is 2.16. The van der Waals surface area contributed by atoms with Gasteiger partial charge in [0, 0.05) is 11.5 Å². The van der Waals surface area contributed by atoms with E-state index in [0.29, 0.717) is 5.36 Å². The monoisotopic (exact) mass is 175 g/mol. The van der Waals surface area contributed by atoms with E-state index in [4.69, 9.17) is 9.62 Å². The molecule has 0 radical (unpaired) electrons. The first-order valence-corrected chi connectivity index (χ1v) is 3.99. The summed E-state index contributed by atoms with van der Waals surface area (Å²) < 4.78 is 5.43. The Morgan fingerprint density at radius 3 is 2.85 bits per heavy atom. The lowest BCUT2D eigenvalue weighted by molar-refractivity contribution is 0.302. The largest absolute Gasteiger partial charge is 0.461 e. The van der Waals surface area contributed by atoms with Crippen LogP contribution in [-0.2, 0) is 0 Å². The van der Waals surface area contributed by atoms with Gasteiger partial charge >= 0.3 is 0 Å². The molecular weight excluding hydrogens is 166 g/mol. The van der Waals surface area contributed by atoms with Crippen LogP contribution in [0.15, 0.2) is 39.9 Å². The van der Waals surface area contributed by atoms with E-state index in [1.165, 1.54) is 0 Å². The van der Waals surface area contributed by atoms with Crippen LogP contribution in [-0.4, -0.2) is 5.21 Å². The third kappa shape index (κ3) is 1.28. The Labute approximate surface area is 74.9 Å². The van der Waals surface area contributed by atoms with E-state index in [2.05, 4.69) is 5.16 Å². The van der Waals surface area contributed by atoms with Crippen LogP contribution in [0.25, 0.3) is 11.0 Å². The van der Waals surface area contributed by atoms with Crippen LogP contribution in [0, 0.1) is 6.92 Å². The van der Waals surface area contributed by atoms with Crippen LogP contribution in [0.2, 0.25) is 0 Å². The maximum Gasteiger partial charge on any atom is 0.136 e.